The molecule has 1 fully saturated rings. The Hall–Kier alpha value is -1.54. The Morgan fingerprint density at radius 1 is 1.20 bits per heavy atom. The predicted molar refractivity (Wildman–Crippen MR) is 81.8 cm³/mol. The van der Waals surface area contributed by atoms with E-state index in [1.54, 1.807) is 0 Å². The van der Waals surface area contributed by atoms with Crippen LogP contribution in [0.2, 0.25) is 0 Å². The van der Waals surface area contributed by atoms with Crippen molar-refractivity contribution in [3.05, 3.63) is 59.5 Å². The van der Waals surface area contributed by atoms with E-state index in [2.05, 4.69) is 61.6 Å². The summed E-state index contributed by atoms with van der Waals surface area (Å²) < 4.78 is 5.90. The SMILES string of the molecule is CC(CNCc1ccc(C2CC2C)o1)c1ccccc1. The largest absolute Gasteiger partial charge is 0.464 e. The lowest BCUT2D eigenvalue weighted by Crippen LogP contribution is -2.19. The molecule has 0 amide bonds. The summed E-state index contributed by atoms with van der Waals surface area (Å²) >= 11 is 0. The molecule has 1 N–H and O–H groups in total. The summed E-state index contributed by atoms with van der Waals surface area (Å²) in [6.45, 7) is 6.33. The number of furan rings is 1. The van der Waals surface area contributed by atoms with Gasteiger partial charge in [0.2, 0.25) is 0 Å². The minimum atomic E-state index is 0.522. The van der Waals surface area contributed by atoms with Crippen molar-refractivity contribution in [2.75, 3.05) is 6.54 Å². The monoisotopic (exact) mass is 269 g/mol. The van der Waals surface area contributed by atoms with E-state index in [0.717, 1.165) is 24.8 Å². The van der Waals surface area contributed by atoms with Gasteiger partial charge in [0.1, 0.15) is 11.5 Å². The molecule has 1 aromatic carbocycles. The zero-order valence-corrected chi connectivity index (χ0v) is 12.3. The van der Waals surface area contributed by atoms with Gasteiger partial charge in [-0.2, -0.15) is 0 Å². The molecule has 1 aliphatic rings. The van der Waals surface area contributed by atoms with Crippen LogP contribution < -0.4 is 5.32 Å². The number of benzene rings is 1. The first-order valence-electron chi connectivity index (χ1n) is 7.58. The second-order valence-electron chi connectivity index (χ2n) is 6.07. The molecule has 2 nitrogen and oxygen atoms in total. The van der Waals surface area contributed by atoms with Crippen LogP contribution in [0.1, 0.15) is 49.2 Å². The quantitative estimate of drug-likeness (QED) is 0.846. The molecule has 106 valence electrons. The van der Waals surface area contributed by atoms with E-state index < -0.39 is 0 Å². The van der Waals surface area contributed by atoms with Crippen molar-refractivity contribution < 1.29 is 4.42 Å². The first-order valence-corrected chi connectivity index (χ1v) is 7.58. The van der Waals surface area contributed by atoms with Gasteiger partial charge in [0.15, 0.2) is 0 Å². The highest BCUT2D eigenvalue weighted by atomic mass is 16.3. The molecule has 20 heavy (non-hydrogen) atoms. The van der Waals surface area contributed by atoms with Gasteiger partial charge in [-0.05, 0) is 36.0 Å². The Kier molecular flexibility index (Phi) is 3.93. The Balaban J connectivity index is 1.46. The van der Waals surface area contributed by atoms with Gasteiger partial charge in [0.05, 0.1) is 6.54 Å². The highest BCUT2D eigenvalue weighted by Crippen LogP contribution is 2.47. The molecule has 3 atom stereocenters. The average molecular weight is 269 g/mol. The maximum Gasteiger partial charge on any atom is 0.117 e. The van der Waals surface area contributed by atoms with Crippen LogP contribution in [-0.2, 0) is 6.54 Å². The van der Waals surface area contributed by atoms with Crippen molar-refractivity contribution in [2.45, 2.75) is 38.6 Å². The molecule has 3 unspecified atom stereocenters. The standard InChI is InChI=1S/C18H23NO/c1-13-10-17(13)18-9-8-16(20-18)12-19-11-14(2)15-6-4-3-5-7-15/h3-9,13-14,17,19H,10-12H2,1-2H3. The van der Waals surface area contributed by atoms with E-state index in [1.165, 1.54) is 17.7 Å². The second kappa shape index (κ2) is 5.84. The van der Waals surface area contributed by atoms with E-state index in [9.17, 15) is 0 Å². The van der Waals surface area contributed by atoms with Gasteiger partial charge in [-0.25, -0.2) is 0 Å². The Morgan fingerprint density at radius 3 is 2.65 bits per heavy atom. The second-order valence-corrected chi connectivity index (χ2v) is 6.07. The molecule has 2 heteroatoms. The summed E-state index contributed by atoms with van der Waals surface area (Å²) in [4.78, 5) is 0. The van der Waals surface area contributed by atoms with E-state index in [1.807, 2.05) is 0 Å². The molecule has 0 aliphatic heterocycles. The third-order valence-electron chi connectivity index (χ3n) is 4.28. The Bertz CT molecular complexity index is 546. The first kappa shape index (κ1) is 13.4. The van der Waals surface area contributed by atoms with Crippen LogP contribution in [0.3, 0.4) is 0 Å². The van der Waals surface area contributed by atoms with Crippen LogP contribution in [0.4, 0.5) is 0 Å². The predicted octanol–water partition coefficient (Wildman–Crippen LogP) is 4.30. The molecule has 0 spiro atoms. The van der Waals surface area contributed by atoms with Crippen LogP contribution in [0.25, 0.3) is 0 Å². The molecule has 0 bridgehead atoms. The van der Waals surface area contributed by atoms with Gasteiger partial charge in [-0.15, -0.1) is 0 Å². The smallest absolute Gasteiger partial charge is 0.117 e. The number of hydrogen-bond acceptors (Lipinski definition) is 2. The molecule has 1 aliphatic carbocycles. The van der Waals surface area contributed by atoms with Gasteiger partial charge >= 0.3 is 0 Å². The summed E-state index contributed by atoms with van der Waals surface area (Å²) in [5, 5.41) is 3.49. The van der Waals surface area contributed by atoms with Crippen molar-refractivity contribution in [3.63, 3.8) is 0 Å². The van der Waals surface area contributed by atoms with Gasteiger partial charge < -0.3 is 9.73 Å². The van der Waals surface area contributed by atoms with Crippen LogP contribution in [0.15, 0.2) is 46.9 Å². The molecular formula is C18H23NO. The van der Waals surface area contributed by atoms with Crippen molar-refractivity contribution in [2.24, 2.45) is 5.92 Å². The lowest BCUT2D eigenvalue weighted by molar-refractivity contribution is 0.441. The molecular weight excluding hydrogens is 246 g/mol. The normalized spacial score (nSPS) is 22.7. The van der Waals surface area contributed by atoms with Gasteiger partial charge in [0, 0.05) is 12.5 Å². The molecule has 0 radical (unpaired) electrons. The van der Waals surface area contributed by atoms with Crippen LogP contribution in [0.5, 0.6) is 0 Å². The van der Waals surface area contributed by atoms with Gasteiger partial charge in [-0.3, -0.25) is 0 Å². The van der Waals surface area contributed by atoms with Crippen LogP contribution >= 0.6 is 0 Å². The van der Waals surface area contributed by atoms with E-state index >= 15 is 0 Å². The summed E-state index contributed by atoms with van der Waals surface area (Å²) in [7, 11) is 0. The van der Waals surface area contributed by atoms with Crippen LogP contribution in [-0.4, -0.2) is 6.54 Å². The third-order valence-corrected chi connectivity index (χ3v) is 4.28. The van der Waals surface area contributed by atoms with E-state index in [4.69, 9.17) is 4.42 Å². The van der Waals surface area contributed by atoms with Crippen LogP contribution in [0, 0.1) is 5.92 Å². The fourth-order valence-corrected chi connectivity index (χ4v) is 2.72. The third kappa shape index (κ3) is 3.13. The highest BCUT2D eigenvalue weighted by molar-refractivity contribution is 5.19. The van der Waals surface area contributed by atoms with Gasteiger partial charge in [0.25, 0.3) is 0 Å². The highest BCUT2D eigenvalue weighted by Gasteiger charge is 2.36. The maximum absolute atomic E-state index is 5.90. The fourth-order valence-electron chi connectivity index (χ4n) is 2.72. The Labute approximate surface area is 121 Å². The van der Waals surface area contributed by atoms with Crippen molar-refractivity contribution >= 4 is 0 Å². The summed E-state index contributed by atoms with van der Waals surface area (Å²) in [6, 6.07) is 14.9. The maximum atomic E-state index is 5.90. The molecule has 0 saturated heterocycles. The molecule has 2 aromatic rings. The fraction of sp³-hybridized carbons (Fsp3) is 0.444. The minimum Gasteiger partial charge on any atom is -0.464 e. The molecule has 1 heterocycles. The number of hydrogen-bond donors (Lipinski definition) is 1. The average Bonchev–Trinajstić information content (AvgIpc) is 3.01. The lowest BCUT2D eigenvalue weighted by atomic mass is 10.0. The topological polar surface area (TPSA) is 25.2 Å². The van der Waals surface area contributed by atoms with Crippen molar-refractivity contribution in [1.82, 2.24) is 5.32 Å². The van der Waals surface area contributed by atoms with Gasteiger partial charge in [-0.1, -0.05) is 44.2 Å². The summed E-state index contributed by atoms with van der Waals surface area (Å²) in [6.07, 6.45) is 1.28. The minimum absolute atomic E-state index is 0.522. The lowest BCUT2D eigenvalue weighted by Gasteiger charge is -2.12. The zero-order valence-electron chi connectivity index (χ0n) is 12.3. The van der Waals surface area contributed by atoms with E-state index in [0.29, 0.717) is 11.8 Å². The zero-order chi connectivity index (χ0) is 13.9. The summed E-state index contributed by atoms with van der Waals surface area (Å²) in [5.74, 6) is 4.23. The Morgan fingerprint density at radius 2 is 1.95 bits per heavy atom. The number of nitrogens with one attached hydrogen (secondary N) is 1. The first-order chi connectivity index (χ1) is 9.74. The van der Waals surface area contributed by atoms with Crippen molar-refractivity contribution in [1.29, 1.82) is 0 Å². The molecule has 1 saturated carbocycles. The van der Waals surface area contributed by atoms with E-state index in [-0.39, 0.29) is 0 Å². The number of rotatable bonds is 6. The molecule has 1 aromatic heterocycles. The summed E-state index contributed by atoms with van der Waals surface area (Å²) in [5.41, 5.74) is 1.38. The molecule has 3 rings (SSSR count). The van der Waals surface area contributed by atoms with Crippen molar-refractivity contribution in [3.8, 4) is 0 Å².